The maximum Gasteiger partial charge on any atom is 0.119 e. The van der Waals surface area contributed by atoms with Gasteiger partial charge in [0.2, 0.25) is 0 Å². The van der Waals surface area contributed by atoms with E-state index < -0.39 is 0 Å². The molecule has 0 spiro atoms. The van der Waals surface area contributed by atoms with E-state index in [0.29, 0.717) is 0 Å². The summed E-state index contributed by atoms with van der Waals surface area (Å²) in [5, 5.41) is 3.44. The average molecular weight is 269 g/mol. The van der Waals surface area contributed by atoms with Gasteiger partial charge in [0.05, 0.1) is 6.61 Å². The molecular weight excluding hydrogens is 246 g/mol. The Balaban J connectivity index is 1.60. The van der Waals surface area contributed by atoms with Crippen LogP contribution in [0.15, 0.2) is 48.5 Å². The van der Waals surface area contributed by atoms with E-state index >= 15 is 0 Å². The van der Waals surface area contributed by atoms with Gasteiger partial charge in [-0.15, -0.1) is 0 Å². The highest BCUT2D eigenvalue weighted by Gasteiger charge is 1.95. The molecule has 2 rings (SSSR count). The van der Waals surface area contributed by atoms with Crippen molar-refractivity contribution in [3.63, 3.8) is 0 Å². The van der Waals surface area contributed by atoms with Crippen molar-refractivity contribution < 1.29 is 4.74 Å². The highest BCUT2D eigenvalue weighted by atomic mass is 16.5. The first-order valence-corrected chi connectivity index (χ1v) is 7.24. The van der Waals surface area contributed by atoms with Crippen molar-refractivity contribution in [3.8, 4) is 5.75 Å². The standard InChI is InChI=1S/C18H23NO/c1-15-7-5-9-17(13-15)19-11-3-4-12-20-18-10-6-8-16(2)14-18/h5-10,13-14,19H,3-4,11-12H2,1-2H3. The number of anilines is 1. The van der Waals surface area contributed by atoms with Crippen LogP contribution in [-0.4, -0.2) is 13.2 Å². The topological polar surface area (TPSA) is 21.3 Å². The summed E-state index contributed by atoms with van der Waals surface area (Å²) in [5.74, 6) is 0.969. The molecule has 0 atom stereocenters. The van der Waals surface area contributed by atoms with Crippen LogP contribution in [0.25, 0.3) is 0 Å². The second kappa shape index (κ2) is 7.59. The fourth-order valence-corrected chi connectivity index (χ4v) is 2.11. The molecule has 2 nitrogen and oxygen atoms in total. The Bertz CT molecular complexity index is 487. The van der Waals surface area contributed by atoms with E-state index in [4.69, 9.17) is 4.74 Å². The summed E-state index contributed by atoms with van der Waals surface area (Å²) in [6, 6.07) is 16.7. The van der Waals surface area contributed by atoms with E-state index in [1.165, 1.54) is 16.8 Å². The molecule has 0 aliphatic carbocycles. The van der Waals surface area contributed by atoms with E-state index in [9.17, 15) is 0 Å². The molecule has 0 aliphatic heterocycles. The minimum absolute atomic E-state index is 0.777. The van der Waals surface area contributed by atoms with E-state index in [1.54, 1.807) is 0 Å². The quantitative estimate of drug-likeness (QED) is 0.743. The fraction of sp³-hybridized carbons (Fsp3) is 0.333. The maximum atomic E-state index is 5.73. The number of aryl methyl sites for hydroxylation is 2. The van der Waals surface area contributed by atoms with Gasteiger partial charge in [-0.3, -0.25) is 0 Å². The molecule has 20 heavy (non-hydrogen) atoms. The predicted octanol–water partition coefficient (Wildman–Crippen LogP) is 4.57. The third-order valence-corrected chi connectivity index (χ3v) is 3.18. The maximum absolute atomic E-state index is 5.73. The molecule has 0 saturated heterocycles. The predicted molar refractivity (Wildman–Crippen MR) is 85.6 cm³/mol. The van der Waals surface area contributed by atoms with Crippen LogP contribution in [0.2, 0.25) is 0 Å². The number of benzene rings is 2. The zero-order valence-electron chi connectivity index (χ0n) is 12.4. The third kappa shape index (κ3) is 4.96. The number of unbranched alkanes of at least 4 members (excludes halogenated alkanes) is 1. The second-order valence-corrected chi connectivity index (χ2v) is 5.17. The zero-order valence-corrected chi connectivity index (χ0v) is 12.4. The number of hydrogen-bond donors (Lipinski definition) is 1. The summed E-state index contributed by atoms with van der Waals surface area (Å²) in [5.41, 5.74) is 3.73. The van der Waals surface area contributed by atoms with Crippen LogP contribution in [-0.2, 0) is 0 Å². The van der Waals surface area contributed by atoms with E-state index in [2.05, 4.69) is 55.6 Å². The Morgan fingerprint density at radius 2 is 1.65 bits per heavy atom. The van der Waals surface area contributed by atoms with Gasteiger partial charge in [-0.1, -0.05) is 24.3 Å². The third-order valence-electron chi connectivity index (χ3n) is 3.18. The lowest BCUT2D eigenvalue weighted by Crippen LogP contribution is -2.04. The Hall–Kier alpha value is -1.96. The lowest BCUT2D eigenvalue weighted by atomic mass is 10.2. The molecule has 2 heteroatoms. The fourth-order valence-electron chi connectivity index (χ4n) is 2.11. The van der Waals surface area contributed by atoms with Crippen molar-refractivity contribution in [2.45, 2.75) is 26.7 Å². The number of hydrogen-bond acceptors (Lipinski definition) is 2. The van der Waals surface area contributed by atoms with Crippen molar-refractivity contribution >= 4 is 5.69 Å². The van der Waals surface area contributed by atoms with Crippen molar-refractivity contribution in [3.05, 3.63) is 59.7 Å². The summed E-state index contributed by atoms with van der Waals surface area (Å²) >= 11 is 0. The van der Waals surface area contributed by atoms with Gasteiger partial charge in [-0.2, -0.15) is 0 Å². The molecule has 0 saturated carbocycles. The van der Waals surface area contributed by atoms with E-state index in [1.807, 2.05) is 12.1 Å². The first kappa shape index (κ1) is 14.4. The molecule has 0 unspecified atom stereocenters. The van der Waals surface area contributed by atoms with Crippen LogP contribution in [0.3, 0.4) is 0 Å². The Kier molecular flexibility index (Phi) is 5.48. The normalized spacial score (nSPS) is 10.3. The highest BCUT2D eigenvalue weighted by Crippen LogP contribution is 2.13. The summed E-state index contributed by atoms with van der Waals surface area (Å²) in [6.45, 7) is 5.96. The van der Waals surface area contributed by atoms with Gasteiger partial charge in [0.25, 0.3) is 0 Å². The SMILES string of the molecule is Cc1cccc(NCCCCOc2cccc(C)c2)c1. The zero-order chi connectivity index (χ0) is 14.2. The molecule has 2 aromatic carbocycles. The highest BCUT2D eigenvalue weighted by molar-refractivity contribution is 5.45. The Labute approximate surface area is 121 Å². The van der Waals surface area contributed by atoms with Crippen LogP contribution in [0, 0.1) is 13.8 Å². The lowest BCUT2D eigenvalue weighted by molar-refractivity contribution is 0.308. The van der Waals surface area contributed by atoms with Gasteiger partial charge in [-0.05, 0) is 62.1 Å². The van der Waals surface area contributed by atoms with Crippen molar-refractivity contribution in [2.75, 3.05) is 18.5 Å². The summed E-state index contributed by atoms with van der Waals surface area (Å²) < 4.78 is 5.73. The molecule has 0 amide bonds. The van der Waals surface area contributed by atoms with E-state index in [0.717, 1.165) is 31.7 Å². The van der Waals surface area contributed by atoms with Crippen molar-refractivity contribution in [1.82, 2.24) is 0 Å². The van der Waals surface area contributed by atoms with Gasteiger partial charge in [0, 0.05) is 12.2 Å². The molecule has 0 radical (unpaired) electrons. The molecule has 0 heterocycles. The average Bonchev–Trinajstić information content (AvgIpc) is 2.43. The largest absolute Gasteiger partial charge is 0.494 e. The summed E-state index contributed by atoms with van der Waals surface area (Å²) in [6.07, 6.45) is 2.17. The Morgan fingerprint density at radius 3 is 2.40 bits per heavy atom. The molecule has 0 aliphatic rings. The molecule has 0 fully saturated rings. The van der Waals surface area contributed by atoms with Crippen LogP contribution in [0.1, 0.15) is 24.0 Å². The first-order chi connectivity index (χ1) is 9.74. The minimum atomic E-state index is 0.777. The van der Waals surface area contributed by atoms with Crippen LogP contribution >= 0.6 is 0 Å². The minimum Gasteiger partial charge on any atom is -0.494 e. The lowest BCUT2D eigenvalue weighted by Gasteiger charge is -2.08. The summed E-state index contributed by atoms with van der Waals surface area (Å²) in [4.78, 5) is 0. The first-order valence-electron chi connectivity index (χ1n) is 7.24. The van der Waals surface area contributed by atoms with Gasteiger partial charge in [0.1, 0.15) is 5.75 Å². The van der Waals surface area contributed by atoms with Gasteiger partial charge < -0.3 is 10.1 Å². The molecular formula is C18H23NO. The number of rotatable bonds is 7. The molecule has 0 aromatic heterocycles. The molecule has 0 bridgehead atoms. The van der Waals surface area contributed by atoms with E-state index in [-0.39, 0.29) is 0 Å². The molecule has 1 N–H and O–H groups in total. The molecule has 106 valence electrons. The van der Waals surface area contributed by atoms with Crippen LogP contribution < -0.4 is 10.1 Å². The smallest absolute Gasteiger partial charge is 0.119 e. The monoisotopic (exact) mass is 269 g/mol. The van der Waals surface area contributed by atoms with Crippen molar-refractivity contribution in [2.24, 2.45) is 0 Å². The van der Waals surface area contributed by atoms with Crippen LogP contribution in [0.5, 0.6) is 5.75 Å². The molecule has 2 aromatic rings. The summed E-state index contributed by atoms with van der Waals surface area (Å²) in [7, 11) is 0. The second-order valence-electron chi connectivity index (χ2n) is 5.17. The number of ether oxygens (including phenoxy) is 1. The van der Waals surface area contributed by atoms with Gasteiger partial charge in [-0.25, -0.2) is 0 Å². The van der Waals surface area contributed by atoms with Gasteiger partial charge >= 0.3 is 0 Å². The van der Waals surface area contributed by atoms with Gasteiger partial charge in [0.15, 0.2) is 0 Å². The van der Waals surface area contributed by atoms with Crippen LogP contribution in [0.4, 0.5) is 5.69 Å². The van der Waals surface area contributed by atoms with Crippen molar-refractivity contribution in [1.29, 1.82) is 0 Å². The number of nitrogens with one attached hydrogen (secondary N) is 1. The Morgan fingerprint density at radius 1 is 0.900 bits per heavy atom.